The quantitative estimate of drug-likeness (QED) is 0.249. The molecule has 17 heavy (non-hydrogen) atoms. The number of para-hydroxylation sites is 1. The van der Waals surface area contributed by atoms with Gasteiger partial charge in [-0.2, -0.15) is 0 Å². The lowest BCUT2D eigenvalue weighted by atomic mass is 10.3. The van der Waals surface area contributed by atoms with E-state index in [1.807, 2.05) is 6.92 Å². The van der Waals surface area contributed by atoms with Crippen LogP contribution in [0.5, 0.6) is 0 Å². The number of hydrazine groups is 1. The number of hydrogen-bond donors (Lipinski definition) is 3. The van der Waals surface area contributed by atoms with Gasteiger partial charge in [0.05, 0.1) is 0 Å². The number of halogens is 2. The fourth-order valence-electron chi connectivity index (χ4n) is 1.21. The number of guanidine groups is 1. The fourth-order valence-corrected chi connectivity index (χ4v) is 1.21. The molecule has 94 valence electrons. The van der Waals surface area contributed by atoms with E-state index in [0.717, 1.165) is 25.0 Å². The summed E-state index contributed by atoms with van der Waals surface area (Å²) in [6.07, 6.45) is 1.86. The van der Waals surface area contributed by atoms with Crippen LogP contribution in [0.4, 0.5) is 14.5 Å². The van der Waals surface area contributed by atoms with Gasteiger partial charge in [0, 0.05) is 6.54 Å². The molecule has 0 aromatic heterocycles. The maximum Gasteiger partial charge on any atom is 0.210 e. The number of benzene rings is 1. The first kappa shape index (κ1) is 13.4. The van der Waals surface area contributed by atoms with Crippen molar-refractivity contribution in [2.24, 2.45) is 10.8 Å². The van der Waals surface area contributed by atoms with E-state index in [1.54, 1.807) is 0 Å². The summed E-state index contributed by atoms with van der Waals surface area (Å²) in [6.45, 7) is 2.56. The average molecular weight is 242 g/mol. The second-order valence-corrected chi connectivity index (χ2v) is 3.45. The maximum absolute atomic E-state index is 13.3. The Bertz CT molecular complexity index is 373. The topological polar surface area (TPSA) is 62.4 Å². The Morgan fingerprint density at radius 2 is 2.00 bits per heavy atom. The molecule has 1 aromatic carbocycles. The molecule has 1 rings (SSSR count). The van der Waals surface area contributed by atoms with Gasteiger partial charge in [-0.3, -0.25) is 10.4 Å². The second-order valence-electron chi connectivity index (χ2n) is 3.45. The summed E-state index contributed by atoms with van der Waals surface area (Å²) in [4.78, 5) is 4.05. The summed E-state index contributed by atoms with van der Waals surface area (Å²) in [5.41, 5.74) is 2.01. The van der Waals surface area contributed by atoms with Gasteiger partial charge in [0.15, 0.2) is 0 Å². The monoisotopic (exact) mass is 242 g/mol. The molecule has 4 nitrogen and oxygen atoms in total. The van der Waals surface area contributed by atoms with Crippen LogP contribution >= 0.6 is 0 Å². The van der Waals surface area contributed by atoms with E-state index >= 15 is 0 Å². The van der Waals surface area contributed by atoms with Gasteiger partial charge in [-0.15, -0.1) is 0 Å². The third kappa shape index (κ3) is 3.99. The summed E-state index contributed by atoms with van der Waals surface area (Å²) in [7, 11) is 0. The molecule has 0 aliphatic heterocycles. The molecule has 0 aliphatic rings. The zero-order valence-electron chi connectivity index (χ0n) is 9.63. The third-order valence-electron chi connectivity index (χ3n) is 2.12. The molecule has 0 saturated heterocycles. The summed E-state index contributed by atoms with van der Waals surface area (Å²) >= 11 is 0. The van der Waals surface area contributed by atoms with E-state index in [-0.39, 0.29) is 11.6 Å². The van der Waals surface area contributed by atoms with Crippen LogP contribution in [0.2, 0.25) is 0 Å². The molecule has 4 N–H and O–H groups in total. The molecular weight excluding hydrogens is 226 g/mol. The van der Waals surface area contributed by atoms with Crippen LogP contribution in [0.25, 0.3) is 0 Å². The van der Waals surface area contributed by atoms with E-state index in [9.17, 15) is 8.78 Å². The molecule has 0 aliphatic carbocycles. The third-order valence-corrected chi connectivity index (χ3v) is 2.12. The van der Waals surface area contributed by atoms with Crippen LogP contribution in [0.15, 0.2) is 23.2 Å². The normalized spacial score (nSPS) is 11.4. The van der Waals surface area contributed by atoms with Crippen LogP contribution in [0, 0.1) is 11.6 Å². The molecular formula is C11H16F2N4. The van der Waals surface area contributed by atoms with Gasteiger partial charge >= 0.3 is 0 Å². The van der Waals surface area contributed by atoms with Gasteiger partial charge in [-0.1, -0.05) is 19.4 Å². The first-order valence-electron chi connectivity index (χ1n) is 5.41. The van der Waals surface area contributed by atoms with E-state index in [2.05, 4.69) is 15.7 Å². The van der Waals surface area contributed by atoms with Crippen molar-refractivity contribution in [1.82, 2.24) is 5.43 Å². The van der Waals surface area contributed by atoms with Gasteiger partial charge in [-0.25, -0.2) is 14.6 Å². The minimum atomic E-state index is -0.691. The smallest absolute Gasteiger partial charge is 0.210 e. The zero-order valence-corrected chi connectivity index (χ0v) is 9.63. The number of nitrogens with one attached hydrogen (secondary N) is 2. The van der Waals surface area contributed by atoms with Crippen molar-refractivity contribution in [2.75, 3.05) is 11.9 Å². The van der Waals surface area contributed by atoms with Gasteiger partial charge in [0.25, 0.3) is 0 Å². The Labute approximate surface area is 98.9 Å². The molecule has 0 unspecified atom stereocenters. The number of anilines is 1. The maximum atomic E-state index is 13.3. The highest BCUT2D eigenvalue weighted by atomic mass is 19.1. The predicted molar refractivity (Wildman–Crippen MR) is 64.5 cm³/mol. The van der Waals surface area contributed by atoms with Crippen molar-refractivity contribution in [3.8, 4) is 0 Å². The van der Waals surface area contributed by atoms with Crippen molar-refractivity contribution in [2.45, 2.75) is 19.8 Å². The molecule has 0 bridgehead atoms. The van der Waals surface area contributed by atoms with Gasteiger partial charge in [0.2, 0.25) is 5.96 Å². The summed E-state index contributed by atoms with van der Waals surface area (Å²) in [5.74, 6) is 3.97. The van der Waals surface area contributed by atoms with E-state index < -0.39 is 11.6 Å². The van der Waals surface area contributed by atoms with E-state index in [1.165, 1.54) is 6.07 Å². The predicted octanol–water partition coefficient (Wildman–Crippen LogP) is 2.00. The molecule has 0 saturated carbocycles. The Kier molecular flexibility index (Phi) is 5.35. The number of aliphatic imine (C=N–C) groups is 1. The molecule has 6 heteroatoms. The molecule has 0 amide bonds. The number of rotatable bonds is 4. The fraction of sp³-hybridized carbons (Fsp3) is 0.364. The minimum absolute atomic E-state index is 0.141. The minimum Gasteiger partial charge on any atom is -0.320 e. The molecule has 0 atom stereocenters. The zero-order chi connectivity index (χ0) is 12.7. The number of nitrogens with two attached hydrogens (primary N) is 1. The van der Waals surface area contributed by atoms with Crippen LogP contribution in [0.3, 0.4) is 0 Å². The Morgan fingerprint density at radius 3 is 2.53 bits per heavy atom. The highest BCUT2D eigenvalue weighted by Crippen LogP contribution is 2.17. The first-order valence-corrected chi connectivity index (χ1v) is 5.41. The van der Waals surface area contributed by atoms with E-state index in [4.69, 9.17) is 5.84 Å². The van der Waals surface area contributed by atoms with Gasteiger partial charge < -0.3 is 5.32 Å². The van der Waals surface area contributed by atoms with Crippen LogP contribution < -0.4 is 16.6 Å². The summed E-state index contributed by atoms with van der Waals surface area (Å²) in [6, 6.07) is 3.61. The lowest BCUT2D eigenvalue weighted by Gasteiger charge is -2.10. The van der Waals surface area contributed by atoms with E-state index in [0.29, 0.717) is 6.54 Å². The van der Waals surface area contributed by atoms with Crippen LogP contribution in [-0.4, -0.2) is 12.5 Å². The number of hydrogen-bond acceptors (Lipinski definition) is 2. The van der Waals surface area contributed by atoms with Gasteiger partial charge in [-0.05, 0) is 18.6 Å². The average Bonchev–Trinajstić information content (AvgIpc) is 2.32. The first-order chi connectivity index (χ1) is 8.19. The van der Waals surface area contributed by atoms with Crippen molar-refractivity contribution in [1.29, 1.82) is 0 Å². The highest BCUT2D eigenvalue weighted by molar-refractivity contribution is 5.93. The largest absolute Gasteiger partial charge is 0.320 e. The lowest BCUT2D eigenvalue weighted by molar-refractivity contribution is 0.591. The number of nitrogens with zero attached hydrogens (tertiary/aromatic N) is 1. The van der Waals surface area contributed by atoms with Crippen molar-refractivity contribution in [3.63, 3.8) is 0 Å². The highest BCUT2D eigenvalue weighted by Gasteiger charge is 2.09. The van der Waals surface area contributed by atoms with Crippen molar-refractivity contribution < 1.29 is 8.78 Å². The van der Waals surface area contributed by atoms with Gasteiger partial charge in [0.1, 0.15) is 17.3 Å². The van der Waals surface area contributed by atoms with Crippen LogP contribution in [-0.2, 0) is 0 Å². The summed E-state index contributed by atoms with van der Waals surface area (Å²) in [5, 5.41) is 2.49. The Morgan fingerprint density at radius 1 is 1.35 bits per heavy atom. The molecule has 0 fully saturated rings. The molecule has 0 heterocycles. The van der Waals surface area contributed by atoms with Crippen molar-refractivity contribution >= 4 is 11.6 Å². The SMILES string of the molecule is CCCCN=C(NN)Nc1c(F)cccc1F. The standard InChI is InChI=1S/C11H16F2N4/c1-2-3-7-15-11(17-14)16-10-8(12)5-4-6-9(10)13/h4-6H,2-3,7,14H2,1H3,(H2,15,16,17). The van der Waals surface area contributed by atoms with Crippen LogP contribution in [0.1, 0.15) is 19.8 Å². The van der Waals surface area contributed by atoms with Crippen molar-refractivity contribution in [3.05, 3.63) is 29.8 Å². The molecule has 0 radical (unpaired) electrons. The molecule has 0 spiro atoms. The molecule has 1 aromatic rings. The lowest BCUT2D eigenvalue weighted by Crippen LogP contribution is -2.37. The number of unbranched alkanes of at least 4 members (excludes halogenated alkanes) is 1. The second kappa shape index (κ2) is 6.80. The Balaban J connectivity index is 2.77. The summed E-state index contributed by atoms with van der Waals surface area (Å²) < 4.78 is 26.6. The Hall–Kier alpha value is -1.69.